The van der Waals surface area contributed by atoms with Crippen LogP contribution in [0.15, 0.2) is 16.8 Å². The summed E-state index contributed by atoms with van der Waals surface area (Å²) in [5.74, 6) is 4.71. The van der Waals surface area contributed by atoms with Crippen molar-refractivity contribution in [2.24, 2.45) is 10.9 Å². The molecule has 0 fully saturated rings. The summed E-state index contributed by atoms with van der Waals surface area (Å²) in [7, 11) is 0. The molecule has 1 aliphatic rings. The van der Waals surface area contributed by atoms with Crippen molar-refractivity contribution in [2.45, 2.75) is 39.7 Å². The third-order valence-corrected chi connectivity index (χ3v) is 2.76. The average Bonchev–Trinajstić information content (AvgIpc) is 2.38. The highest BCUT2D eigenvalue weighted by molar-refractivity contribution is 6.43. The van der Waals surface area contributed by atoms with Crippen LogP contribution >= 0.6 is 0 Å². The molecule has 0 aromatic carbocycles. The van der Waals surface area contributed by atoms with E-state index in [0.717, 1.165) is 0 Å². The van der Waals surface area contributed by atoms with Gasteiger partial charge in [-0.2, -0.15) is 5.10 Å². The molecule has 0 spiro atoms. The van der Waals surface area contributed by atoms with Crippen LogP contribution in [0, 0.1) is 0 Å². The number of hydrazone groups is 1. The molecule has 0 saturated carbocycles. The molecule has 118 valence electrons. The Morgan fingerprint density at radius 2 is 2.10 bits per heavy atom. The number of hydrogen-bond donors (Lipinski definition) is 1. The highest BCUT2D eigenvalue weighted by Gasteiger charge is 2.26. The van der Waals surface area contributed by atoms with E-state index >= 15 is 0 Å². The molecule has 0 aliphatic carbocycles. The summed E-state index contributed by atoms with van der Waals surface area (Å²) >= 11 is 0. The minimum atomic E-state index is -0.544. The van der Waals surface area contributed by atoms with Gasteiger partial charge in [0.2, 0.25) is 0 Å². The molecule has 1 amide bonds. The molecule has 0 unspecified atom stereocenters. The second kappa shape index (κ2) is 7.10. The van der Waals surface area contributed by atoms with Gasteiger partial charge < -0.3 is 20.2 Å². The monoisotopic (exact) mass is 297 g/mol. The summed E-state index contributed by atoms with van der Waals surface area (Å²) in [4.78, 5) is 25.2. The van der Waals surface area contributed by atoms with Crippen LogP contribution in [-0.2, 0) is 14.3 Å². The van der Waals surface area contributed by atoms with E-state index in [4.69, 9.17) is 15.3 Å². The van der Waals surface area contributed by atoms with E-state index in [-0.39, 0.29) is 18.4 Å². The third kappa shape index (κ3) is 5.09. The van der Waals surface area contributed by atoms with E-state index < -0.39 is 11.6 Å². The maximum absolute atomic E-state index is 11.9. The van der Waals surface area contributed by atoms with Crippen LogP contribution in [0.1, 0.15) is 34.1 Å². The molecule has 0 aromatic heterocycles. The number of amides is 1. The number of nitrogens with two attached hydrogens (primary N) is 1. The lowest BCUT2D eigenvalue weighted by Crippen LogP contribution is -2.40. The van der Waals surface area contributed by atoms with Crippen molar-refractivity contribution in [2.75, 3.05) is 19.7 Å². The quantitative estimate of drug-likeness (QED) is 0.368. The van der Waals surface area contributed by atoms with Crippen LogP contribution in [0.25, 0.3) is 0 Å². The fraction of sp³-hybridized carbons (Fsp3) is 0.643. The Morgan fingerprint density at radius 1 is 1.43 bits per heavy atom. The maximum atomic E-state index is 11.9. The Kier molecular flexibility index (Phi) is 5.75. The number of nitrogens with zero attached hydrogens (tertiary/aromatic N) is 2. The summed E-state index contributed by atoms with van der Waals surface area (Å²) in [6.45, 7) is 8.21. The van der Waals surface area contributed by atoms with Gasteiger partial charge in [0.1, 0.15) is 5.60 Å². The van der Waals surface area contributed by atoms with E-state index in [1.807, 2.05) is 20.8 Å². The van der Waals surface area contributed by atoms with E-state index in [2.05, 4.69) is 5.10 Å². The van der Waals surface area contributed by atoms with Gasteiger partial charge in [-0.05, 0) is 39.7 Å². The number of carbonyl (C=O) groups excluding carboxylic acids is 2. The molecule has 1 heterocycles. The normalized spacial score (nSPS) is 16.3. The van der Waals surface area contributed by atoms with Gasteiger partial charge in [0.25, 0.3) is 0 Å². The molecule has 1 rings (SSSR count). The minimum absolute atomic E-state index is 0.112. The predicted octanol–water partition coefficient (Wildman–Crippen LogP) is 1.43. The van der Waals surface area contributed by atoms with Crippen LogP contribution in [0.3, 0.4) is 0 Å². The molecule has 21 heavy (non-hydrogen) atoms. The molecule has 2 N–H and O–H groups in total. The largest absolute Gasteiger partial charge is 0.461 e. The summed E-state index contributed by atoms with van der Waals surface area (Å²) in [6.07, 6.45) is 1.85. The first-order valence-electron chi connectivity index (χ1n) is 6.90. The molecular weight excluding hydrogens is 274 g/mol. The van der Waals surface area contributed by atoms with Crippen LogP contribution in [-0.4, -0.2) is 48.0 Å². The van der Waals surface area contributed by atoms with Crippen molar-refractivity contribution in [1.82, 2.24) is 4.90 Å². The van der Waals surface area contributed by atoms with Gasteiger partial charge in [0.15, 0.2) is 5.71 Å². The lowest BCUT2D eigenvalue weighted by atomic mass is 10.0. The van der Waals surface area contributed by atoms with Crippen LogP contribution in [0.5, 0.6) is 0 Å². The van der Waals surface area contributed by atoms with Crippen LogP contribution in [0.2, 0.25) is 0 Å². The van der Waals surface area contributed by atoms with Crippen molar-refractivity contribution in [3.05, 3.63) is 11.6 Å². The Morgan fingerprint density at radius 3 is 2.52 bits per heavy atom. The zero-order valence-corrected chi connectivity index (χ0v) is 13.0. The Bertz CT molecular complexity index is 463. The molecule has 0 saturated heterocycles. The summed E-state index contributed by atoms with van der Waals surface area (Å²) in [6, 6.07) is 0. The Labute approximate surface area is 124 Å². The molecular formula is C14H23N3O4. The molecule has 0 bridgehead atoms. The summed E-state index contributed by atoms with van der Waals surface area (Å²) in [5.41, 5.74) is 0.270. The van der Waals surface area contributed by atoms with Gasteiger partial charge in [-0.1, -0.05) is 6.08 Å². The topological polar surface area (TPSA) is 94.2 Å². The van der Waals surface area contributed by atoms with Crippen molar-refractivity contribution in [3.8, 4) is 0 Å². The van der Waals surface area contributed by atoms with E-state index in [9.17, 15) is 9.59 Å². The highest BCUT2D eigenvalue weighted by Crippen LogP contribution is 2.16. The Hall–Kier alpha value is -2.05. The van der Waals surface area contributed by atoms with E-state index in [1.54, 1.807) is 17.9 Å². The molecule has 0 atom stereocenters. The van der Waals surface area contributed by atoms with E-state index in [1.165, 1.54) is 0 Å². The first-order valence-corrected chi connectivity index (χ1v) is 6.90. The fourth-order valence-corrected chi connectivity index (χ4v) is 1.84. The standard InChI is InChI=1S/C14H23N3O4/c1-5-20-12(18)11(16-15)10-6-8-17(9-7-10)13(19)21-14(2,3)4/h6H,5,7-9,15H2,1-4H3/b16-11-. The number of hydrogen-bond acceptors (Lipinski definition) is 6. The minimum Gasteiger partial charge on any atom is -0.461 e. The maximum Gasteiger partial charge on any atom is 0.410 e. The smallest absolute Gasteiger partial charge is 0.410 e. The number of ether oxygens (including phenoxy) is 2. The first-order chi connectivity index (χ1) is 9.78. The van der Waals surface area contributed by atoms with Gasteiger partial charge in [0, 0.05) is 13.1 Å². The molecule has 1 aliphatic heterocycles. The van der Waals surface area contributed by atoms with E-state index in [0.29, 0.717) is 25.1 Å². The molecule has 7 heteroatoms. The molecule has 0 aromatic rings. The SMILES string of the molecule is CCOC(=O)/C(=N\N)C1=CCN(C(=O)OC(C)(C)C)CC1. The lowest BCUT2D eigenvalue weighted by molar-refractivity contribution is -0.135. The van der Waals surface area contributed by atoms with Crippen LogP contribution in [0.4, 0.5) is 4.79 Å². The molecule has 0 radical (unpaired) electrons. The zero-order valence-electron chi connectivity index (χ0n) is 13.0. The van der Waals surface area contributed by atoms with Crippen molar-refractivity contribution in [1.29, 1.82) is 0 Å². The fourth-order valence-electron chi connectivity index (χ4n) is 1.84. The van der Waals surface area contributed by atoms with Crippen LogP contribution < -0.4 is 5.84 Å². The zero-order chi connectivity index (χ0) is 16.0. The second-order valence-corrected chi connectivity index (χ2v) is 5.60. The van der Waals surface area contributed by atoms with Crippen molar-refractivity contribution >= 4 is 17.8 Å². The number of carbonyl (C=O) groups is 2. The summed E-state index contributed by atoms with van der Waals surface area (Å²) < 4.78 is 10.2. The number of esters is 1. The number of rotatable bonds is 3. The van der Waals surface area contributed by atoms with Gasteiger partial charge in [0.05, 0.1) is 6.61 Å². The third-order valence-electron chi connectivity index (χ3n) is 2.76. The van der Waals surface area contributed by atoms with Crippen molar-refractivity contribution in [3.63, 3.8) is 0 Å². The van der Waals surface area contributed by atoms with Crippen molar-refractivity contribution < 1.29 is 19.1 Å². The predicted molar refractivity (Wildman–Crippen MR) is 78.8 cm³/mol. The first kappa shape index (κ1) is 17.0. The Balaban J connectivity index is 2.69. The van der Waals surface area contributed by atoms with Gasteiger partial charge in [-0.15, -0.1) is 0 Å². The van der Waals surface area contributed by atoms with Gasteiger partial charge in [-0.3, -0.25) is 0 Å². The van der Waals surface area contributed by atoms with Gasteiger partial charge in [-0.25, -0.2) is 9.59 Å². The van der Waals surface area contributed by atoms with Gasteiger partial charge >= 0.3 is 12.1 Å². The average molecular weight is 297 g/mol. The molecule has 7 nitrogen and oxygen atoms in total. The second-order valence-electron chi connectivity index (χ2n) is 5.60. The highest BCUT2D eigenvalue weighted by atomic mass is 16.6. The lowest BCUT2D eigenvalue weighted by Gasteiger charge is -2.29. The summed E-state index contributed by atoms with van der Waals surface area (Å²) in [5, 5.41) is 3.50.